The topological polar surface area (TPSA) is 44.9 Å². The van der Waals surface area contributed by atoms with Crippen LogP contribution in [0.5, 0.6) is 11.5 Å². The van der Waals surface area contributed by atoms with Gasteiger partial charge in [-0.15, -0.1) is 35.7 Å². The SMILES string of the molecule is CCc1c(C)c(C)c(C)c(CC)c1-c1cnn(-c2[c-]c(Oc3[c-]c4c(cc3)c3ccccc3n4-c3cc(C(C)C)ccn3)ccc2)c1.[Pt+2]. The molecule has 6 heteroatoms. The summed E-state index contributed by atoms with van der Waals surface area (Å²) in [4.78, 5) is 4.77. The van der Waals surface area contributed by atoms with Crippen LogP contribution in [0.2, 0.25) is 0 Å². The molecule has 0 saturated heterocycles. The van der Waals surface area contributed by atoms with Crippen LogP contribution in [0.3, 0.4) is 0 Å². The quantitative estimate of drug-likeness (QED) is 0.144. The Morgan fingerprint density at radius 3 is 2.25 bits per heavy atom. The molecule has 0 N–H and O–H groups in total. The molecule has 0 saturated carbocycles. The van der Waals surface area contributed by atoms with E-state index in [-0.39, 0.29) is 21.1 Å². The molecule has 0 aliphatic heterocycles. The molecule has 0 amide bonds. The smallest absolute Gasteiger partial charge is 0.509 e. The summed E-state index contributed by atoms with van der Waals surface area (Å²) in [5.41, 5.74) is 13.5. The predicted molar refractivity (Wildman–Crippen MR) is 192 cm³/mol. The third kappa shape index (κ3) is 5.79. The summed E-state index contributed by atoms with van der Waals surface area (Å²) >= 11 is 0. The van der Waals surface area contributed by atoms with Gasteiger partial charge in [0.25, 0.3) is 0 Å². The van der Waals surface area contributed by atoms with E-state index in [4.69, 9.17) is 14.8 Å². The van der Waals surface area contributed by atoms with Crippen molar-refractivity contribution in [2.75, 3.05) is 0 Å². The number of para-hydroxylation sites is 1. The molecular weight excluding hydrogens is 772 g/mol. The van der Waals surface area contributed by atoms with E-state index in [0.29, 0.717) is 17.4 Å². The fourth-order valence-electron chi connectivity index (χ4n) is 6.94. The van der Waals surface area contributed by atoms with Crippen molar-refractivity contribution >= 4 is 21.8 Å². The largest absolute Gasteiger partial charge is 2.00 e. The summed E-state index contributed by atoms with van der Waals surface area (Å²) in [6, 6.07) is 29.7. The number of rotatable bonds is 8. The van der Waals surface area contributed by atoms with Crippen LogP contribution in [0.4, 0.5) is 0 Å². The molecule has 0 radical (unpaired) electrons. The third-order valence-electron chi connectivity index (χ3n) is 9.65. The summed E-state index contributed by atoms with van der Waals surface area (Å²) in [6.45, 7) is 15.6. The Hall–Kier alpha value is -4.47. The molecular formula is C42H40N4OPt. The second kappa shape index (κ2) is 13.6. The molecule has 5 nitrogen and oxygen atoms in total. The van der Waals surface area contributed by atoms with Crippen LogP contribution in [-0.4, -0.2) is 19.3 Å². The first-order valence-electron chi connectivity index (χ1n) is 16.6. The van der Waals surface area contributed by atoms with E-state index in [9.17, 15) is 0 Å². The Balaban J connectivity index is 0.00000401. The van der Waals surface area contributed by atoms with Crippen LogP contribution in [0, 0.1) is 32.9 Å². The summed E-state index contributed by atoms with van der Waals surface area (Å²) in [6.07, 6.45) is 7.95. The third-order valence-corrected chi connectivity index (χ3v) is 9.65. The van der Waals surface area contributed by atoms with E-state index in [1.807, 2.05) is 41.3 Å². The first kappa shape index (κ1) is 33.4. The fourth-order valence-corrected chi connectivity index (χ4v) is 6.94. The van der Waals surface area contributed by atoms with Gasteiger partial charge in [0.1, 0.15) is 5.82 Å². The Bertz CT molecular complexity index is 2250. The van der Waals surface area contributed by atoms with Gasteiger partial charge in [0.15, 0.2) is 0 Å². The van der Waals surface area contributed by atoms with E-state index in [1.165, 1.54) is 38.9 Å². The van der Waals surface area contributed by atoms with Gasteiger partial charge in [-0.25, -0.2) is 4.98 Å². The summed E-state index contributed by atoms with van der Waals surface area (Å²) < 4.78 is 10.5. The van der Waals surface area contributed by atoms with Crippen molar-refractivity contribution in [2.24, 2.45) is 0 Å². The van der Waals surface area contributed by atoms with Gasteiger partial charge < -0.3 is 9.30 Å². The second-order valence-electron chi connectivity index (χ2n) is 12.6. The van der Waals surface area contributed by atoms with Crippen LogP contribution in [0.15, 0.2) is 85.3 Å². The first-order chi connectivity index (χ1) is 22.8. The number of nitrogens with zero attached hydrogens (tertiary/aromatic N) is 4. The molecule has 0 unspecified atom stereocenters. The normalized spacial score (nSPS) is 11.4. The Labute approximate surface area is 297 Å². The van der Waals surface area contributed by atoms with Gasteiger partial charge in [-0.3, -0.25) is 4.68 Å². The maximum absolute atomic E-state index is 6.42. The fraction of sp³-hybridized carbons (Fsp3) is 0.238. The van der Waals surface area contributed by atoms with Crippen LogP contribution >= 0.6 is 0 Å². The standard InChI is InChI=1S/C42H40N4O.Pt/c1-8-35-28(6)27(5)29(7)36(9-2)42(35)31-24-44-45(25-31)32-13-12-14-33(22-32)47-34-17-18-38-37-15-10-11-16-39(37)46(40(38)23-34)41-21-30(26(3)4)19-20-43-41;/h10-21,24-26H,8-9H2,1-7H3;/q-2;+2. The van der Waals surface area contributed by atoms with Crippen LogP contribution in [0.1, 0.15) is 67.0 Å². The molecule has 7 aromatic rings. The van der Waals surface area contributed by atoms with Crippen molar-refractivity contribution in [1.82, 2.24) is 19.3 Å². The van der Waals surface area contributed by atoms with E-state index < -0.39 is 0 Å². The molecule has 0 atom stereocenters. The van der Waals surface area contributed by atoms with E-state index in [1.54, 1.807) is 0 Å². The van der Waals surface area contributed by atoms with Crippen molar-refractivity contribution in [3.05, 3.63) is 131 Å². The van der Waals surface area contributed by atoms with Crippen molar-refractivity contribution in [1.29, 1.82) is 0 Å². The van der Waals surface area contributed by atoms with Gasteiger partial charge in [0.2, 0.25) is 0 Å². The number of ether oxygens (including phenoxy) is 1. The molecule has 0 bridgehead atoms. The van der Waals surface area contributed by atoms with Gasteiger partial charge in [0.05, 0.1) is 6.20 Å². The summed E-state index contributed by atoms with van der Waals surface area (Å²) in [5.74, 6) is 2.48. The first-order valence-corrected chi connectivity index (χ1v) is 16.6. The number of fused-ring (bicyclic) bond motifs is 3. The van der Waals surface area contributed by atoms with Crippen molar-refractivity contribution in [3.8, 4) is 34.1 Å². The van der Waals surface area contributed by atoms with E-state index >= 15 is 0 Å². The van der Waals surface area contributed by atoms with Crippen molar-refractivity contribution in [3.63, 3.8) is 0 Å². The van der Waals surface area contributed by atoms with Crippen LogP contribution < -0.4 is 4.74 Å². The van der Waals surface area contributed by atoms with Gasteiger partial charge in [-0.05, 0) is 108 Å². The molecule has 7 rings (SSSR count). The Morgan fingerprint density at radius 2 is 1.52 bits per heavy atom. The summed E-state index contributed by atoms with van der Waals surface area (Å²) in [5, 5.41) is 7.04. The monoisotopic (exact) mass is 811 g/mol. The Kier molecular flexibility index (Phi) is 9.45. The number of aromatic nitrogens is 4. The number of pyridine rings is 1. The zero-order valence-electron chi connectivity index (χ0n) is 28.6. The maximum Gasteiger partial charge on any atom is 2.00 e. The van der Waals surface area contributed by atoms with Gasteiger partial charge >= 0.3 is 21.1 Å². The number of benzene rings is 4. The average molecular weight is 812 g/mol. The molecule has 3 heterocycles. The van der Waals surface area contributed by atoms with Gasteiger partial charge in [0, 0.05) is 35.0 Å². The number of hydrogen-bond donors (Lipinski definition) is 0. The average Bonchev–Trinajstić information content (AvgIpc) is 3.70. The molecule has 244 valence electrons. The zero-order valence-corrected chi connectivity index (χ0v) is 30.9. The van der Waals surface area contributed by atoms with Crippen LogP contribution in [0.25, 0.3) is 44.4 Å². The molecule has 4 aromatic carbocycles. The summed E-state index contributed by atoms with van der Waals surface area (Å²) in [7, 11) is 0. The van der Waals surface area contributed by atoms with Crippen LogP contribution in [-0.2, 0) is 33.9 Å². The van der Waals surface area contributed by atoms with Gasteiger partial charge in [-0.2, -0.15) is 17.2 Å². The van der Waals surface area contributed by atoms with E-state index in [2.05, 4.69) is 114 Å². The minimum absolute atomic E-state index is 0. The molecule has 0 spiro atoms. The van der Waals surface area contributed by atoms with Crippen molar-refractivity contribution in [2.45, 2.75) is 67.2 Å². The number of hydrogen-bond acceptors (Lipinski definition) is 3. The van der Waals surface area contributed by atoms with Crippen molar-refractivity contribution < 1.29 is 25.8 Å². The minimum atomic E-state index is 0. The Morgan fingerprint density at radius 1 is 0.792 bits per heavy atom. The predicted octanol–water partition coefficient (Wildman–Crippen LogP) is 10.6. The van der Waals surface area contributed by atoms with E-state index in [0.717, 1.165) is 51.7 Å². The second-order valence-corrected chi connectivity index (χ2v) is 12.6. The molecule has 3 aromatic heterocycles. The molecule has 0 aliphatic carbocycles. The minimum Gasteiger partial charge on any atom is -0.509 e. The maximum atomic E-state index is 6.42. The molecule has 0 aliphatic rings. The molecule has 0 fully saturated rings. The zero-order chi connectivity index (χ0) is 32.8. The molecule has 48 heavy (non-hydrogen) atoms. The van der Waals surface area contributed by atoms with Gasteiger partial charge in [-0.1, -0.05) is 51.4 Å².